The van der Waals surface area contributed by atoms with E-state index in [1.165, 1.54) is 6.07 Å². The molecule has 1 aliphatic carbocycles. The highest BCUT2D eigenvalue weighted by Gasteiger charge is 2.29. The molecule has 0 amide bonds. The number of hydrogen-bond acceptors (Lipinski definition) is 2. The number of nitrogens with zero attached hydrogens (tertiary/aromatic N) is 2. The molecule has 0 bridgehead atoms. The highest BCUT2D eigenvalue weighted by atomic mass is 19.1. The summed E-state index contributed by atoms with van der Waals surface area (Å²) in [5.41, 5.74) is 7.89. The zero-order valence-corrected chi connectivity index (χ0v) is 13.1. The van der Waals surface area contributed by atoms with Crippen molar-refractivity contribution in [2.75, 3.05) is 0 Å². The van der Waals surface area contributed by atoms with E-state index < -0.39 is 0 Å². The third-order valence-electron chi connectivity index (χ3n) is 3.98. The molecule has 0 radical (unpaired) electrons. The van der Waals surface area contributed by atoms with Gasteiger partial charge in [0, 0.05) is 18.5 Å². The van der Waals surface area contributed by atoms with E-state index in [1.807, 2.05) is 6.07 Å². The molecule has 1 unspecified atom stereocenters. The molecule has 0 spiro atoms. The molecule has 21 heavy (non-hydrogen) atoms. The topological polar surface area (TPSA) is 43.8 Å². The molecule has 3 nitrogen and oxygen atoms in total. The summed E-state index contributed by atoms with van der Waals surface area (Å²) < 4.78 is 16.2. The lowest BCUT2D eigenvalue weighted by Gasteiger charge is -2.23. The Morgan fingerprint density at radius 2 is 2.10 bits per heavy atom. The first-order valence-electron chi connectivity index (χ1n) is 7.76. The van der Waals surface area contributed by atoms with Gasteiger partial charge in [-0.05, 0) is 36.8 Å². The third-order valence-corrected chi connectivity index (χ3v) is 3.98. The maximum absolute atomic E-state index is 14.0. The van der Waals surface area contributed by atoms with Crippen LogP contribution in [-0.4, -0.2) is 15.6 Å². The second kappa shape index (κ2) is 5.09. The summed E-state index contributed by atoms with van der Waals surface area (Å²) in [6.45, 7) is 6.57. The highest BCUT2D eigenvalue weighted by Crippen LogP contribution is 2.39. The predicted molar refractivity (Wildman–Crippen MR) is 83.7 cm³/mol. The van der Waals surface area contributed by atoms with Gasteiger partial charge in [0.15, 0.2) is 5.82 Å². The quantitative estimate of drug-likeness (QED) is 0.930. The van der Waals surface area contributed by atoms with Crippen molar-refractivity contribution in [1.29, 1.82) is 0 Å². The molecule has 114 valence electrons. The van der Waals surface area contributed by atoms with Gasteiger partial charge in [-0.25, -0.2) is 9.37 Å². The molecule has 1 aromatic carbocycles. The van der Waals surface area contributed by atoms with Crippen molar-refractivity contribution in [3.8, 4) is 0 Å². The van der Waals surface area contributed by atoms with Crippen LogP contribution >= 0.6 is 0 Å². The standard InChI is InChI=1S/C17H24FN3/c1-17(2,3)10-11(19)9-15-20-16-13(18)5-4-6-14(16)21(15)12-7-8-12/h4-6,11-12H,7-10,19H2,1-3H3. The second-order valence-electron chi connectivity index (χ2n) is 7.47. The summed E-state index contributed by atoms with van der Waals surface area (Å²) in [6.07, 6.45) is 3.96. The van der Waals surface area contributed by atoms with Crippen LogP contribution in [-0.2, 0) is 6.42 Å². The first-order valence-corrected chi connectivity index (χ1v) is 7.76. The normalized spacial score (nSPS) is 17.4. The molecule has 3 rings (SSSR count). The van der Waals surface area contributed by atoms with Gasteiger partial charge in [0.25, 0.3) is 0 Å². The number of aromatic nitrogens is 2. The molecule has 2 aromatic rings. The minimum absolute atomic E-state index is 0.0578. The van der Waals surface area contributed by atoms with Gasteiger partial charge in [-0.1, -0.05) is 26.8 Å². The van der Waals surface area contributed by atoms with Crippen LogP contribution in [0.4, 0.5) is 4.39 Å². The maximum atomic E-state index is 14.0. The highest BCUT2D eigenvalue weighted by molar-refractivity contribution is 5.77. The summed E-state index contributed by atoms with van der Waals surface area (Å²) in [4.78, 5) is 4.55. The van der Waals surface area contributed by atoms with E-state index in [1.54, 1.807) is 6.07 Å². The summed E-state index contributed by atoms with van der Waals surface area (Å²) in [7, 11) is 0. The first kappa shape index (κ1) is 14.5. The lowest BCUT2D eigenvalue weighted by atomic mass is 9.87. The number of hydrogen-bond donors (Lipinski definition) is 1. The van der Waals surface area contributed by atoms with E-state index in [0.29, 0.717) is 18.0 Å². The Morgan fingerprint density at radius 1 is 1.38 bits per heavy atom. The van der Waals surface area contributed by atoms with Crippen molar-refractivity contribution in [2.24, 2.45) is 11.1 Å². The molecule has 1 aliphatic rings. The molecule has 1 atom stereocenters. The average Bonchev–Trinajstić information content (AvgIpc) is 3.10. The fourth-order valence-corrected chi connectivity index (χ4v) is 3.11. The maximum Gasteiger partial charge on any atom is 0.151 e. The summed E-state index contributed by atoms with van der Waals surface area (Å²) in [6, 6.07) is 5.74. The lowest BCUT2D eigenvalue weighted by molar-refractivity contribution is 0.335. The molecule has 4 heteroatoms. The molecular formula is C17H24FN3. The molecule has 1 heterocycles. The number of para-hydroxylation sites is 1. The number of imidazole rings is 1. The minimum atomic E-state index is -0.238. The van der Waals surface area contributed by atoms with Crippen molar-refractivity contribution in [3.05, 3.63) is 29.8 Å². The Morgan fingerprint density at radius 3 is 2.71 bits per heavy atom. The van der Waals surface area contributed by atoms with Crippen LogP contribution in [0.3, 0.4) is 0 Å². The summed E-state index contributed by atoms with van der Waals surface area (Å²) in [5, 5.41) is 0. The second-order valence-corrected chi connectivity index (χ2v) is 7.47. The van der Waals surface area contributed by atoms with E-state index in [4.69, 9.17) is 5.73 Å². The van der Waals surface area contributed by atoms with Crippen LogP contribution < -0.4 is 5.73 Å². The van der Waals surface area contributed by atoms with Crippen LogP contribution in [0.15, 0.2) is 18.2 Å². The Balaban J connectivity index is 1.94. The van der Waals surface area contributed by atoms with Gasteiger partial charge >= 0.3 is 0 Å². The molecular weight excluding hydrogens is 265 g/mol. The van der Waals surface area contributed by atoms with Gasteiger partial charge in [0.05, 0.1) is 5.52 Å². The van der Waals surface area contributed by atoms with Gasteiger partial charge < -0.3 is 10.3 Å². The van der Waals surface area contributed by atoms with E-state index in [-0.39, 0.29) is 17.3 Å². The zero-order chi connectivity index (χ0) is 15.2. The van der Waals surface area contributed by atoms with Crippen LogP contribution in [0.2, 0.25) is 0 Å². The van der Waals surface area contributed by atoms with Crippen molar-refractivity contribution in [2.45, 2.75) is 58.5 Å². The number of fused-ring (bicyclic) bond motifs is 1. The van der Waals surface area contributed by atoms with Gasteiger partial charge in [-0.3, -0.25) is 0 Å². The van der Waals surface area contributed by atoms with Gasteiger partial charge in [-0.2, -0.15) is 0 Å². The van der Waals surface area contributed by atoms with Crippen LogP contribution in [0.5, 0.6) is 0 Å². The molecule has 1 fully saturated rings. The monoisotopic (exact) mass is 289 g/mol. The Bertz CT molecular complexity index is 650. The third kappa shape index (κ3) is 3.10. The van der Waals surface area contributed by atoms with E-state index in [2.05, 4.69) is 30.3 Å². The molecule has 1 aromatic heterocycles. The van der Waals surface area contributed by atoms with Crippen molar-refractivity contribution in [1.82, 2.24) is 9.55 Å². The van der Waals surface area contributed by atoms with Crippen LogP contribution in [0, 0.1) is 11.2 Å². The fourth-order valence-electron chi connectivity index (χ4n) is 3.11. The van der Waals surface area contributed by atoms with Gasteiger partial charge in [0.1, 0.15) is 11.3 Å². The smallest absolute Gasteiger partial charge is 0.151 e. The van der Waals surface area contributed by atoms with Gasteiger partial charge in [0.2, 0.25) is 0 Å². The Kier molecular flexibility index (Phi) is 3.52. The number of rotatable bonds is 4. The molecule has 1 saturated carbocycles. The fraction of sp³-hybridized carbons (Fsp3) is 0.588. The number of nitrogens with two attached hydrogens (primary N) is 1. The van der Waals surface area contributed by atoms with Crippen LogP contribution in [0.25, 0.3) is 11.0 Å². The van der Waals surface area contributed by atoms with Gasteiger partial charge in [-0.15, -0.1) is 0 Å². The van der Waals surface area contributed by atoms with Crippen LogP contribution in [0.1, 0.15) is 51.9 Å². The Labute approximate surface area is 125 Å². The molecule has 2 N–H and O–H groups in total. The molecule has 0 saturated heterocycles. The number of halogens is 1. The summed E-state index contributed by atoms with van der Waals surface area (Å²) in [5.74, 6) is 0.701. The summed E-state index contributed by atoms with van der Waals surface area (Å²) >= 11 is 0. The Hall–Kier alpha value is -1.42. The van der Waals surface area contributed by atoms with E-state index >= 15 is 0 Å². The van der Waals surface area contributed by atoms with E-state index in [9.17, 15) is 4.39 Å². The largest absolute Gasteiger partial charge is 0.327 e. The SMILES string of the molecule is CC(C)(C)CC(N)Cc1nc2c(F)cccc2n1C1CC1. The average molecular weight is 289 g/mol. The van der Waals surface area contributed by atoms with E-state index in [0.717, 1.165) is 30.6 Å². The molecule has 0 aliphatic heterocycles. The van der Waals surface area contributed by atoms with Crippen molar-refractivity contribution in [3.63, 3.8) is 0 Å². The number of benzene rings is 1. The minimum Gasteiger partial charge on any atom is -0.327 e. The lowest BCUT2D eigenvalue weighted by Crippen LogP contribution is -2.29. The predicted octanol–water partition coefficient (Wildman–Crippen LogP) is 3.82. The first-order chi connectivity index (χ1) is 9.85. The zero-order valence-electron chi connectivity index (χ0n) is 13.1. The van der Waals surface area contributed by atoms with Crippen molar-refractivity contribution >= 4 is 11.0 Å². The van der Waals surface area contributed by atoms with Crippen molar-refractivity contribution < 1.29 is 4.39 Å².